The zero-order chi connectivity index (χ0) is 19.1. The number of nitrogens with zero attached hydrogens (tertiary/aromatic N) is 1. The molecule has 0 aromatic heterocycles. The van der Waals surface area contributed by atoms with E-state index in [-0.39, 0.29) is 17.8 Å². The van der Waals surface area contributed by atoms with Gasteiger partial charge < -0.3 is 9.64 Å². The zero-order valence-corrected chi connectivity index (χ0v) is 17.0. The van der Waals surface area contributed by atoms with Gasteiger partial charge in [0.1, 0.15) is 11.4 Å². The van der Waals surface area contributed by atoms with Crippen LogP contribution in [0.5, 0.6) is 0 Å². The maximum absolute atomic E-state index is 13.2. The maximum Gasteiger partial charge on any atom is 0.410 e. The van der Waals surface area contributed by atoms with E-state index in [0.717, 1.165) is 18.4 Å². The van der Waals surface area contributed by atoms with Crippen molar-refractivity contribution in [1.82, 2.24) is 4.90 Å². The number of hydrogen-bond acceptors (Lipinski definition) is 3. The molecule has 1 aromatic carbocycles. The van der Waals surface area contributed by atoms with Crippen LogP contribution >= 0.6 is 23.2 Å². The Morgan fingerprint density at radius 2 is 1.73 bits per heavy atom. The SMILES string of the molecule is CC(C)(C)OC(=O)N1CCC(C(=O)C2CC2)(c2ccc(Cl)c(Cl)c2)CC1. The van der Waals surface area contributed by atoms with Crippen molar-refractivity contribution in [3.63, 3.8) is 0 Å². The molecule has 1 heterocycles. The van der Waals surface area contributed by atoms with Crippen molar-refractivity contribution < 1.29 is 14.3 Å². The summed E-state index contributed by atoms with van der Waals surface area (Å²) in [6.07, 6.45) is 2.76. The fraction of sp³-hybridized carbons (Fsp3) is 0.600. The standard InChI is InChI=1S/C20H25Cl2NO3/c1-19(2,3)26-18(25)23-10-8-20(9-11-23,17(24)13-4-5-13)14-6-7-15(21)16(22)12-14/h6-7,12-13H,4-5,8-11H2,1-3H3. The summed E-state index contributed by atoms with van der Waals surface area (Å²) in [5.41, 5.74) is -0.208. The number of hydrogen-bond donors (Lipinski definition) is 0. The summed E-state index contributed by atoms with van der Waals surface area (Å²) in [7, 11) is 0. The van der Waals surface area contributed by atoms with Crippen LogP contribution in [0.2, 0.25) is 10.0 Å². The average Bonchev–Trinajstić information content (AvgIpc) is 3.40. The quantitative estimate of drug-likeness (QED) is 0.700. The molecule has 0 bridgehead atoms. The minimum atomic E-state index is -0.589. The van der Waals surface area contributed by atoms with Gasteiger partial charge in [-0.25, -0.2) is 4.79 Å². The Labute approximate surface area is 164 Å². The smallest absolute Gasteiger partial charge is 0.410 e. The second-order valence-electron chi connectivity index (χ2n) is 8.32. The minimum absolute atomic E-state index is 0.137. The third-order valence-electron chi connectivity index (χ3n) is 5.16. The monoisotopic (exact) mass is 397 g/mol. The number of amides is 1. The van der Waals surface area contributed by atoms with Crippen molar-refractivity contribution >= 4 is 35.1 Å². The summed E-state index contributed by atoms with van der Waals surface area (Å²) in [5, 5.41) is 0.942. The van der Waals surface area contributed by atoms with Crippen LogP contribution in [0.15, 0.2) is 18.2 Å². The number of ketones is 1. The van der Waals surface area contributed by atoms with E-state index >= 15 is 0 Å². The van der Waals surface area contributed by atoms with Crippen LogP contribution in [0, 0.1) is 5.92 Å². The Morgan fingerprint density at radius 1 is 1.12 bits per heavy atom. The predicted octanol–water partition coefficient (Wildman–Crippen LogP) is 5.24. The van der Waals surface area contributed by atoms with Gasteiger partial charge in [0.05, 0.1) is 15.5 Å². The van der Waals surface area contributed by atoms with Crippen molar-refractivity contribution in [2.75, 3.05) is 13.1 Å². The van der Waals surface area contributed by atoms with Gasteiger partial charge in [0.15, 0.2) is 0 Å². The van der Waals surface area contributed by atoms with Gasteiger partial charge in [-0.3, -0.25) is 4.79 Å². The van der Waals surface area contributed by atoms with E-state index < -0.39 is 11.0 Å². The first-order valence-corrected chi connectivity index (χ1v) is 9.86. The van der Waals surface area contributed by atoms with Gasteiger partial charge in [0.25, 0.3) is 0 Å². The third-order valence-corrected chi connectivity index (χ3v) is 5.90. The first-order chi connectivity index (χ1) is 12.1. The topological polar surface area (TPSA) is 46.6 Å². The molecule has 4 nitrogen and oxygen atoms in total. The first-order valence-electron chi connectivity index (χ1n) is 9.10. The van der Waals surface area contributed by atoms with Gasteiger partial charge in [-0.05, 0) is 64.2 Å². The highest BCUT2D eigenvalue weighted by atomic mass is 35.5. The van der Waals surface area contributed by atoms with Crippen LogP contribution in [0.3, 0.4) is 0 Å². The number of benzene rings is 1. The minimum Gasteiger partial charge on any atom is -0.444 e. The molecule has 0 radical (unpaired) electrons. The second-order valence-corrected chi connectivity index (χ2v) is 9.13. The highest BCUT2D eigenvalue weighted by Crippen LogP contribution is 2.45. The highest BCUT2D eigenvalue weighted by Gasteiger charge is 2.49. The summed E-state index contributed by atoms with van der Waals surface area (Å²) in [6, 6.07) is 5.46. The molecule has 0 atom stereocenters. The molecule has 3 rings (SSSR count). The molecule has 1 saturated heterocycles. The van der Waals surface area contributed by atoms with Crippen molar-refractivity contribution in [1.29, 1.82) is 0 Å². The van der Waals surface area contributed by atoms with Crippen molar-refractivity contribution in [3.05, 3.63) is 33.8 Å². The summed E-state index contributed by atoms with van der Waals surface area (Å²) in [4.78, 5) is 27.2. The number of piperidine rings is 1. The van der Waals surface area contributed by atoms with Gasteiger partial charge in [-0.1, -0.05) is 29.3 Å². The van der Waals surface area contributed by atoms with E-state index in [2.05, 4.69) is 0 Å². The van der Waals surface area contributed by atoms with Crippen molar-refractivity contribution in [3.8, 4) is 0 Å². The van der Waals surface area contributed by atoms with E-state index in [1.165, 1.54) is 0 Å². The molecule has 1 aromatic rings. The maximum atomic E-state index is 13.2. The van der Waals surface area contributed by atoms with Crippen LogP contribution in [0.4, 0.5) is 4.79 Å². The zero-order valence-electron chi connectivity index (χ0n) is 15.5. The molecule has 2 fully saturated rings. The molecule has 26 heavy (non-hydrogen) atoms. The number of ether oxygens (including phenoxy) is 1. The molecule has 0 N–H and O–H groups in total. The summed E-state index contributed by atoms with van der Waals surface area (Å²) in [5.74, 6) is 0.414. The number of Topliss-reactive ketones (excluding diaryl/α,β-unsaturated/α-hetero) is 1. The normalized spacial score (nSPS) is 20.0. The number of halogens is 2. The Morgan fingerprint density at radius 3 is 2.23 bits per heavy atom. The molecule has 1 aliphatic carbocycles. The largest absolute Gasteiger partial charge is 0.444 e. The number of carbonyl (C=O) groups excluding carboxylic acids is 2. The third kappa shape index (κ3) is 4.01. The molecule has 1 saturated carbocycles. The Bertz CT molecular complexity index is 714. The second kappa shape index (κ2) is 7.05. The lowest BCUT2D eigenvalue weighted by atomic mass is 9.68. The molecule has 0 unspecified atom stereocenters. The van der Waals surface area contributed by atoms with E-state index in [9.17, 15) is 9.59 Å². The van der Waals surface area contributed by atoms with E-state index in [0.29, 0.717) is 36.0 Å². The molecule has 1 amide bonds. The first kappa shape index (κ1) is 19.5. The molecule has 142 valence electrons. The van der Waals surface area contributed by atoms with Gasteiger partial charge in [-0.15, -0.1) is 0 Å². The van der Waals surface area contributed by atoms with Gasteiger partial charge in [0.2, 0.25) is 0 Å². The Balaban J connectivity index is 1.82. The number of carbonyl (C=O) groups is 2. The number of rotatable bonds is 3. The van der Waals surface area contributed by atoms with E-state index in [1.807, 2.05) is 32.9 Å². The lowest BCUT2D eigenvalue weighted by Gasteiger charge is -2.41. The van der Waals surface area contributed by atoms with Crippen LogP contribution in [-0.2, 0) is 14.9 Å². The summed E-state index contributed by atoms with van der Waals surface area (Å²) in [6.45, 7) is 6.55. The lowest BCUT2D eigenvalue weighted by molar-refractivity contribution is -0.127. The van der Waals surface area contributed by atoms with Gasteiger partial charge in [-0.2, -0.15) is 0 Å². The fourth-order valence-corrected chi connectivity index (χ4v) is 3.90. The Hall–Kier alpha value is -1.26. The van der Waals surface area contributed by atoms with Crippen LogP contribution in [0.25, 0.3) is 0 Å². The molecular weight excluding hydrogens is 373 g/mol. The van der Waals surface area contributed by atoms with E-state index in [1.54, 1.807) is 11.0 Å². The Kier molecular flexibility index (Phi) is 5.28. The average molecular weight is 398 g/mol. The number of likely N-dealkylation sites (tertiary alicyclic amines) is 1. The molecule has 0 spiro atoms. The molecule has 1 aliphatic heterocycles. The van der Waals surface area contributed by atoms with Crippen LogP contribution in [0.1, 0.15) is 52.0 Å². The molecular formula is C20H25Cl2NO3. The summed E-state index contributed by atoms with van der Waals surface area (Å²) < 4.78 is 5.47. The molecule has 6 heteroatoms. The van der Waals surface area contributed by atoms with Crippen molar-refractivity contribution in [2.24, 2.45) is 5.92 Å². The van der Waals surface area contributed by atoms with Crippen LogP contribution in [-0.4, -0.2) is 35.5 Å². The molecule has 2 aliphatic rings. The van der Waals surface area contributed by atoms with E-state index in [4.69, 9.17) is 27.9 Å². The van der Waals surface area contributed by atoms with Gasteiger partial charge >= 0.3 is 6.09 Å². The van der Waals surface area contributed by atoms with Crippen LogP contribution < -0.4 is 0 Å². The lowest BCUT2D eigenvalue weighted by Crippen LogP contribution is -2.50. The predicted molar refractivity (Wildman–Crippen MR) is 103 cm³/mol. The fourth-order valence-electron chi connectivity index (χ4n) is 3.60. The van der Waals surface area contributed by atoms with Gasteiger partial charge in [0, 0.05) is 19.0 Å². The summed E-state index contributed by atoms with van der Waals surface area (Å²) >= 11 is 12.3. The van der Waals surface area contributed by atoms with Crippen molar-refractivity contribution in [2.45, 2.75) is 57.5 Å². The highest BCUT2D eigenvalue weighted by molar-refractivity contribution is 6.42.